The number of hydrogen-bond donors (Lipinski definition) is 1. The van der Waals surface area contributed by atoms with Gasteiger partial charge in [-0.3, -0.25) is 9.59 Å². The molecule has 1 N–H and O–H groups in total. The van der Waals surface area contributed by atoms with Gasteiger partial charge in [0.05, 0.1) is 12.5 Å². The van der Waals surface area contributed by atoms with Gasteiger partial charge in [-0.2, -0.15) is 0 Å². The number of nitrogens with zero attached hydrogens (tertiary/aromatic N) is 1. The van der Waals surface area contributed by atoms with Crippen molar-refractivity contribution in [3.8, 4) is 0 Å². The van der Waals surface area contributed by atoms with Crippen molar-refractivity contribution in [3.63, 3.8) is 0 Å². The first kappa shape index (κ1) is 19.6. The maximum absolute atomic E-state index is 13.5. The Morgan fingerprint density at radius 2 is 1.72 bits per heavy atom. The second-order valence-corrected chi connectivity index (χ2v) is 8.12. The standard InChI is InChI=1S/C24H27FN2O2/c25-19-13-11-17(12-14-19)22(15-23(28)26-20-8-3-1-2-4-9-20)27-16-18-7-5-6-10-21(18)24(27)29/h5-7,10-14,20,22H,1-4,8-9,15-16H2,(H,26,28). The maximum atomic E-state index is 13.5. The highest BCUT2D eigenvalue weighted by atomic mass is 19.1. The summed E-state index contributed by atoms with van der Waals surface area (Å²) in [6.07, 6.45) is 6.96. The summed E-state index contributed by atoms with van der Waals surface area (Å²) in [5.74, 6) is -0.446. The van der Waals surface area contributed by atoms with Crippen molar-refractivity contribution in [2.24, 2.45) is 0 Å². The molecule has 1 aliphatic carbocycles. The van der Waals surface area contributed by atoms with Crippen LogP contribution in [-0.4, -0.2) is 22.8 Å². The smallest absolute Gasteiger partial charge is 0.255 e. The van der Waals surface area contributed by atoms with Gasteiger partial charge in [-0.15, -0.1) is 0 Å². The van der Waals surface area contributed by atoms with Crippen molar-refractivity contribution < 1.29 is 14.0 Å². The summed E-state index contributed by atoms with van der Waals surface area (Å²) in [5, 5.41) is 3.18. The Morgan fingerprint density at radius 1 is 1.03 bits per heavy atom. The number of fused-ring (bicyclic) bond motifs is 1. The van der Waals surface area contributed by atoms with Crippen LogP contribution in [0.5, 0.6) is 0 Å². The zero-order chi connectivity index (χ0) is 20.2. The van der Waals surface area contributed by atoms with Crippen LogP contribution in [0.1, 0.15) is 72.5 Å². The average Bonchev–Trinajstić information content (AvgIpc) is 2.88. The van der Waals surface area contributed by atoms with Gasteiger partial charge in [-0.1, -0.05) is 56.0 Å². The molecule has 5 heteroatoms. The number of hydrogen-bond acceptors (Lipinski definition) is 2. The van der Waals surface area contributed by atoms with Crippen LogP contribution in [-0.2, 0) is 11.3 Å². The fourth-order valence-electron chi connectivity index (χ4n) is 4.51. The van der Waals surface area contributed by atoms with Crippen molar-refractivity contribution >= 4 is 11.8 Å². The van der Waals surface area contributed by atoms with Crippen LogP contribution < -0.4 is 5.32 Å². The number of rotatable bonds is 5. The quantitative estimate of drug-likeness (QED) is 0.744. The van der Waals surface area contributed by atoms with E-state index < -0.39 is 6.04 Å². The minimum absolute atomic E-state index is 0.0463. The van der Waals surface area contributed by atoms with Gasteiger partial charge >= 0.3 is 0 Å². The van der Waals surface area contributed by atoms with E-state index in [2.05, 4.69) is 5.32 Å². The molecule has 1 fully saturated rings. The average molecular weight is 394 g/mol. The van der Waals surface area contributed by atoms with E-state index in [1.807, 2.05) is 24.3 Å². The molecule has 0 spiro atoms. The van der Waals surface area contributed by atoms with Crippen LogP contribution in [0.25, 0.3) is 0 Å². The largest absolute Gasteiger partial charge is 0.353 e. The van der Waals surface area contributed by atoms with Gasteiger partial charge < -0.3 is 10.2 Å². The molecule has 2 aromatic rings. The molecule has 29 heavy (non-hydrogen) atoms. The molecule has 0 bridgehead atoms. The lowest BCUT2D eigenvalue weighted by atomic mass is 10.0. The molecule has 2 aromatic carbocycles. The number of nitrogens with one attached hydrogen (secondary N) is 1. The van der Waals surface area contributed by atoms with E-state index in [0.717, 1.165) is 36.8 Å². The van der Waals surface area contributed by atoms with E-state index in [0.29, 0.717) is 12.1 Å². The summed E-state index contributed by atoms with van der Waals surface area (Å²) in [6, 6.07) is 13.5. The molecular weight excluding hydrogens is 367 g/mol. The fraction of sp³-hybridized carbons (Fsp3) is 0.417. The highest BCUT2D eigenvalue weighted by molar-refractivity contribution is 5.98. The predicted octanol–water partition coefficient (Wildman–Crippen LogP) is 4.75. The lowest BCUT2D eigenvalue weighted by Gasteiger charge is -2.29. The van der Waals surface area contributed by atoms with Crippen LogP contribution in [0, 0.1) is 5.82 Å². The van der Waals surface area contributed by atoms with E-state index in [4.69, 9.17) is 0 Å². The zero-order valence-electron chi connectivity index (χ0n) is 16.6. The van der Waals surface area contributed by atoms with Crippen LogP contribution in [0.4, 0.5) is 4.39 Å². The number of carbonyl (C=O) groups is 2. The van der Waals surface area contributed by atoms with Gasteiger partial charge in [0.25, 0.3) is 5.91 Å². The Morgan fingerprint density at radius 3 is 2.41 bits per heavy atom. The molecule has 4 rings (SSSR count). The van der Waals surface area contributed by atoms with E-state index in [9.17, 15) is 14.0 Å². The highest BCUT2D eigenvalue weighted by Crippen LogP contribution is 2.33. The topological polar surface area (TPSA) is 49.4 Å². The van der Waals surface area contributed by atoms with Gasteiger partial charge in [0, 0.05) is 18.2 Å². The fourth-order valence-corrected chi connectivity index (χ4v) is 4.51. The molecule has 1 atom stereocenters. The molecule has 4 nitrogen and oxygen atoms in total. The third-order valence-electron chi connectivity index (χ3n) is 6.08. The molecule has 152 valence electrons. The summed E-state index contributed by atoms with van der Waals surface area (Å²) in [5.41, 5.74) is 2.43. The summed E-state index contributed by atoms with van der Waals surface area (Å²) >= 11 is 0. The van der Waals surface area contributed by atoms with E-state index in [-0.39, 0.29) is 30.1 Å². The summed E-state index contributed by atoms with van der Waals surface area (Å²) < 4.78 is 13.5. The van der Waals surface area contributed by atoms with Crippen molar-refractivity contribution in [3.05, 3.63) is 71.0 Å². The third kappa shape index (κ3) is 4.50. The second kappa shape index (κ2) is 8.76. The Labute approximate surface area is 171 Å². The molecule has 0 aromatic heterocycles. The van der Waals surface area contributed by atoms with Gasteiger partial charge in [0.15, 0.2) is 0 Å². The summed E-state index contributed by atoms with van der Waals surface area (Å²) in [7, 11) is 0. The Bertz CT molecular complexity index is 873. The number of carbonyl (C=O) groups excluding carboxylic acids is 2. The van der Waals surface area contributed by atoms with Crippen LogP contribution in [0.15, 0.2) is 48.5 Å². The van der Waals surface area contributed by atoms with Crippen molar-refractivity contribution in [1.82, 2.24) is 10.2 Å². The monoisotopic (exact) mass is 394 g/mol. The minimum atomic E-state index is -0.415. The second-order valence-electron chi connectivity index (χ2n) is 8.12. The zero-order valence-corrected chi connectivity index (χ0v) is 16.6. The van der Waals surface area contributed by atoms with Crippen LogP contribution >= 0.6 is 0 Å². The Kier molecular flexibility index (Phi) is 5.93. The SMILES string of the molecule is O=C(CC(c1ccc(F)cc1)N1Cc2ccccc2C1=O)NC1CCCCCC1. The molecular formula is C24H27FN2O2. The molecule has 2 amide bonds. The van der Waals surface area contributed by atoms with Gasteiger partial charge in [0.1, 0.15) is 5.82 Å². The first-order valence-corrected chi connectivity index (χ1v) is 10.6. The Balaban J connectivity index is 1.54. The van der Waals surface area contributed by atoms with Crippen molar-refractivity contribution in [2.45, 2.75) is 63.6 Å². The molecule has 0 saturated heterocycles. The first-order chi connectivity index (χ1) is 14.1. The molecule has 2 aliphatic rings. The van der Waals surface area contributed by atoms with Gasteiger partial charge in [0.2, 0.25) is 5.91 Å². The van der Waals surface area contributed by atoms with Crippen molar-refractivity contribution in [2.75, 3.05) is 0 Å². The normalized spacial score (nSPS) is 18.2. The highest BCUT2D eigenvalue weighted by Gasteiger charge is 2.34. The van der Waals surface area contributed by atoms with E-state index in [1.54, 1.807) is 17.0 Å². The van der Waals surface area contributed by atoms with E-state index >= 15 is 0 Å². The predicted molar refractivity (Wildman–Crippen MR) is 110 cm³/mol. The summed E-state index contributed by atoms with van der Waals surface area (Å²) in [6.45, 7) is 0.466. The van der Waals surface area contributed by atoms with Gasteiger partial charge in [-0.25, -0.2) is 4.39 Å². The Hall–Kier alpha value is -2.69. The lowest BCUT2D eigenvalue weighted by Crippen LogP contribution is -2.38. The van der Waals surface area contributed by atoms with Gasteiger partial charge in [-0.05, 0) is 42.2 Å². The number of halogens is 1. The first-order valence-electron chi connectivity index (χ1n) is 10.6. The van der Waals surface area contributed by atoms with E-state index in [1.165, 1.54) is 25.0 Å². The molecule has 1 unspecified atom stereocenters. The molecule has 1 saturated carbocycles. The maximum Gasteiger partial charge on any atom is 0.255 e. The van der Waals surface area contributed by atoms with Crippen molar-refractivity contribution in [1.29, 1.82) is 0 Å². The molecule has 1 aliphatic heterocycles. The molecule has 1 heterocycles. The lowest BCUT2D eigenvalue weighted by molar-refractivity contribution is -0.123. The van der Waals surface area contributed by atoms with Crippen LogP contribution in [0.3, 0.4) is 0 Å². The summed E-state index contributed by atoms with van der Waals surface area (Å²) in [4.78, 5) is 27.6. The molecule has 0 radical (unpaired) electrons. The third-order valence-corrected chi connectivity index (χ3v) is 6.08. The number of benzene rings is 2. The number of amides is 2. The minimum Gasteiger partial charge on any atom is -0.353 e. The van der Waals surface area contributed by atoms with Crippen LogP contribution in [0.2, 0.25) is 0 Å².